The number of ether oxygens (including phenoxy) is 1. The van der Waals surface area contributed by atoms with Gasteiger partial charge in [0, 0.05) is 24.6 Å². The number of aliphatic hydroxyl groups is 1. The van der Waals surface area contributed by atoms with Gasteiger partial charge in [-0.05, 0) is 26.3 Å². The molecule has 6 nitrogen and oxygen atoms in total. The minimum absolute atomic E-state index is 0.106. The van der Waals surface area contributed by atoms with E-state index in [-0.39, 0.29) is 12.2 Å². The van der Waals surface area contributed by atoms with Crippen LogP contribution in [-0.2, 0) is 11.3 Å². The van der Waals surface area contributed by atoms with Crippen molar-refractivity contribution in [1.82, 2.24) is 14.9 Å². The first-order valence-electron chi connectivity index (χ1n) is 8.04. The number of aromatic nitrogens is 2. The lowest BCUT2D eigenvalue weighted by Gasteiger charge is -2.23. The predicted octanol–water partition coefficient (Wildman–Crippen LogP) is 1.99. The van der Waals surface area contributed by atoms with Crippen LogP contribution in [0.4, 0.5) is 0 Å². The van der Waals surface area contributed by atoms with Crippen molar-refractivity contribution in [3.63, 3.8) is 0 Å². The Morgan fingerprint density at radius 2 is 2.25 bits per heavy atom. The Morgan fingerprint density at radius 3 is 2.92 bits per heavy atom. The Balaban J connectivity index is 2.18. The topological polar surface area (TPSA) is 78.5 Å². The van der Waals surface area contributed by atoms with Gasteiger partial charge in [0.1, 0.15) is 10.7 Å². The zero-order valence-electron chi connectivity index (χ0n) is 14.5. The minimum atomic E-state index is -0.591. The van der Waals surface area contributed by atoms with Crippen LogP contribution < -0.4 is 5.56 Å². The van der Waals surface area contributed by atoms with Gasteiger partial charge in [-0.2, -0.15) is 0 Å². The molecule has 0 bridgehead atoms. The molecule has 132 valence electrons. The molecule has 0 saturated carbocycles. The van der Waals surface area contributed by atoms with Crippen molar-refractivity contribution in [2.45, 2.75) is 33.4 Å². The van der Waals surface area contributed by atoms with Crippen LogP contribution in [0.25, 0.3) is 10.2 Å². The summed E-state index contributed by atoms with van der Waals surface area (Å²) in [5.74, 6) is 0.596. The van der Waals surface area contributed by atoms with Crippen molar-refractivity contribution >= 4 is 21.6 Å². The van der Waals surface area contributed by atoms with Gasteiger partial charge < -0.3 is 14.8 Å². The van der Waals surface area contributed by atoms with E-state index >= 15 is 0 Å². The molecule has 0 aliphatic rings. The molecule has 0 aliphatic heterocycles. The zero-order valence-corrected chi connectivity index (χ0v) is 15.3. The van der Waals surface area contributed by atoms with Crippen LogP contribution in [0, 0.1) is 13.8 Å². The molecule has 2 N–H and O–H groups in total. The third-order valence-corrected chi connectivity index (χ3v) is 4.93. The maximum Gasteiger partial charge on any atom is 0.259 e. The first-order chi connectivity index (χ1) is 11.5. The normalized spacial score (nSPS) is 12.9. The van der Waals surface area contributed by atoms with Crippen LogP contribution in [0.1, 0.15) is 23.2 Å². The van der Waals surface area contributed by atoms with Crippen LogP contribution >= 0.6 is 11.3 Å². The Bertz CT molecular complexity index is 753. The molecule has 2 aromatic rings. The van der Waals surface area contributed by atoms with Gasteiger partial charge in [0.05, 0.1) is 24.6 Å². The van der Waals surface area contributed by atoms with Crippen LogP contribution in [0.3, 0.4) is 0 Å². The zero-order chi connectivity index (χ0) is 17.7. The predicted molar refractivity (Wildman–Crippen MR) is 97.7 cm³/mol. The summed E-state index contributed by atoms with van der Waals surface area (Å²) in [5, 5.41) is 10.7. The van der Waals surface area contributed by atoms with Gasteiger partial charge in [0.15, 0.2) is 0 Å². The summed E-state index contributed by atoms with van der Waals surface area (Å²) in [6.45, 7) is 11.9. The number of rotatable bonds is 9. The highest BCUT2D eigenvalue weighted by Crippen LogP contribution is 2.25. The van der Waals surface area contributed by atoms with Crippen molar-refractivity contribution in [3.05, 3.63) is 39.3 Å². The maximum atomic E-state index is 12.3. The first-order valence-corrected chi connectivity index (χ1v) is 8.85. The van der Waals surface area contributed by atoms with E-state index in [1.165, 1.54) is 11.3 Å². The second-order valence-electron chi connectivity index (χ2n) is 5.77. The number of fused-ring (bicyclic) bond motifs is 1. The average molecular weight is 351 g/mol. The van der Waals surface area contributed by atoms with Crippen LogP contribution in [0.15, 0.2) is 17.4 Å². The highest BCUT2D eigenvalue weighted by Gasteiger charge is 2.15. The van der Waals surface area contributed by atoms with Gasteiger partial charge in [-0.15, -0.1) is 17.9 Å². The fourth-order valence-corrected chi connectivity index (χ4v) is 3.63. The summed E-state index contributed by atoms with van der Waals surface area (Å²) < 4.78 is 5.24. The van der Waals surface area contributed by atoms with Crippen molar-refractivity contribution in [3.8, 4) is 0 Å². The van der Waals surface area contributed by atoms with Gasteiger partial charge in [0.2, 0.25) is 0 Å². The molecular formula is C17H25N3O3S. The van der Waals surface area contributed by atoms with E-state index in [1.54, 1.807) is 6.08 Å². The molecular weight excluding hydrogens is 326 g/mol. The lowest BCUT2D eigenvalue weighted by molar-refractivity contribution is 0.0214. The van der Waals surface area contributed by atoms with Crippen LogP contribution in [0.5, 0.6) is 0 Å². The molecule has 7 heteroatoms. The fourth-order valence-electron chi connectivity index (χ4n) is 2.58. The first kappa shape index (κ1) is 18.8. The number of aryl methyl sites for hydroxylation is 2. The smallest absolute Gasteiger partial charge is 0.259 e. The standard InChI is InChI=1S/C17H25N3O3S/c1-5-7-20(8-13(21)10-23-6-2)9-14-18-16(22)15-11(3)12(4)24-17(15)19-14/h5,13,21H,1,6-10H2,2-4H3,(H,18,19,22)/t13-/m0/s1. The van der Waals surface area contributed by atoms with Gasteiger partial charge in [0.25, 0.3) is 5.56 Å². The molecule has 0 radical (unpaired) electrons. The number of nitrogens with one attached hydrogen (secondary N) is 1. The lowest BCUT2D eigenvalue weighted by atomic mass is 10.2. The molecule has 2 rings (SSSR count). The Kier molecular flexibility index (Phi) is 6.68. The second-order valence-corrected chi connectivity index (χ2v) is 6.98. The number of hydrogen-bond donors (Lipinski definition) is 2. The van der Waals surface area contributed by atoms with Gasteiger partial charge in [-0.25, -0.2) is 4.98 Å². The average Bonchev–Trinajstić information content (AvgIpc) is 2.80. The Hall–Kier alpha value is -1.54. The fraction of sp³-hybridized carbons (Fsp3) is 0.529. The molecule has 0 saturated heterocycles. The third kappa shape index (κ3) is 4.51. The highest BCUT2D eigenvalue weighted by atomic mass is 32.1. The molecule has 0 spiro atoms. The summed E-state index contributed by atoms with van der Waals surface area (Å²) in [7, 11) is 0. The van der Waals surface area contributed by atoms with Gasteiger partial charge in [-0.3, -0.25) is 9.69 Å². The number of H-pyrrole nitrogens is 1. The van der Waals surface area contributed by atoms with E-state index in [0.717, 1.165) is 15.3 Å². The molecule has 0 amide bonds. The third-order valence-electron chi connectivity index (χ3n) is 3.83. The summed E-state index contributed by atoms with van der Waals surface area (Å²) >= 11 is 1.53. The number of hydrogen-bond acceptors (Lipinski definition) is 6. The largest absolute Gasteiger partial charge is 0.389 e. The summed E-state index contributed by atoms with van der Waals surface area (Å²) in [6.07, 6.45) is 1.18. The van der Waals surface area contributed by atoms with E-state index in [1.807, 2.05) is 25.7 Å². The SMILES string of the molecule is C=CCN(Cc1nc2sc(C)c(C)c2c(=O)[nH]1)C[C@H](O)COCC. The van der Waals surface area contributed by atoms with Crippen molar-refractivity contribution in [2.24, 2.45) is 0 Å². The van der Waals surface area contributed by atoms with Gasteiger partial charge >= 0.3 is 0 Å². The van der Waals surface area contributed by atoms with E-state index in [4.69, 9.17) is 4.74 Å². The summed E-state index contributed by atoms with van der Waals surface area (Å²) in [6, 6.07) is 0. The van der Waals surface area contributed by atoms with Crippen LogP contribution in [-0.4, -0.2) is 52.4 Å². The second kappa shape index (κ2) is 8.53. The molecule has 2 aromatic heterocycles. The van der Waals surface area contributed by atoms with E-state index in [9.17, 15) is 9.90 Å². The van der Waals surface area contributed by atoms with Gasteiger partial charge in [-0.1, -0.05) is 6.08 Å². The number of aliphatic hydroxyl groups excluding tert-OH is 1. The molecule has 0 unspecified atom stereocenters. The van der Waals surface area contributed by atoms with E-state index in [2.05, 4.69) is 16.5 Å². The summed E-state index contributed by atoms with van der Waals surface area (Å²) in [4.78, 5) is 23.6. The van der Waals surface area contributed by atoms with Crippen molar-refractivity contribution in [1.29, 1.82) is 0 Å². The molecule has 2 heterocycles. The molecule has 1 atom stereocenters. The maximum absolute atomic E-state index is 12.3. The summed E-state index contributed by atoms with van der Waals surface area (Å²) in [5.41, 5.74) is 0.885. The highest BCUT2D eigenvalue weighted by molar-refractivity contribution is 7.18. The van der Waals surface area contributed by atoms with Crippen molar-refractivity contribution in [2.75, 3.05) is 26.3 Å². The Morgan fingerprint density at radius 1 is 1.50 bits per heavy atom. The molecule has 0 aliphatic carbocycles. The Labute approximate surface area is 145 Å². The van der Waals surface area contributed by atoms with Crippen molar-refractivity contribution < 1.29 is 9.84 Å². The molecule has 24 heavy (non-hydrogen) atoms. The molecule has 0 aromatic carbocycles. The van der Waals surface area contributed by atoms with E-state index in [0.29, 0.717) is 37.5 Å². The molecule has 0 fully saturated rings. The number of nitrogens with zero attached hydrogens (tertiary/aromatic N) is 2. The lowest BCUT2D eigenvalue weighted by Crippen LogP contribution is -2.35. The van der Waals surface area contributed by atoms with E-state index < -0.39 is 6.10 Å². The monoisotopic (exact) mass is 351 g/mol. The number of thiophene rings is 1. The van der Waals surface area contributed by atoms with Crippen LogP contribution in [0.2, 0.25) is 0 Å². The number of aromatic amines is 1. The quantitative estimate of drug-likeness (QED) is 0.676. The minimum Gasteiger partial charge on any atom is -0.389 e.